The molecule has 0 saturated carbocycles. The molecule has 3 rings (SSSR count). The van der Waals surface area contributed by atoms with Crippen molar-refractivity contribution >= 4 is 32.9 Å². The number of hydrogen-bond donors (Lipinski definition) is 1. The number of aromatic nitrogens is 3. The van der Waals surface area contributed by atoms with E-state index in [1.807, 2.05) is 6.07 Å². The summed E-state index contributed by atoms with van der Waals surface area (Å²) >= 11 is 2.40. The van der Waals surface area contributed by atoms with E-state index in [1.54, 1.807) is 36.0 Å². The molecule has 6 nitrogen and oxygen atoms in total. The van der Waals surface area contributed by atoms with Crippen molar-refractivity contribution in [3.63, 3.8) is 0 Å². The second kappa shape index (κ2) is 5.98. The Morgan fingerprint density at radius 2 is 2.14 bits per heavy atom. The summed E-state index contributed by atoms with van der Waals surface area (Å²) in [5.74, 6) is 0. The van der Waals surface area contributed by atoms with E-state index in [9.17, 15) is 8.42 Å². The lowest BCUT2D eigenvalue weighted by Crippen LogP contribution is -2.22. The van der Waals surface area contributed by atoms with Gasteiger partial charge in [-0.05, 0) is 35.3 Å². The highest BCUT2D eigenvalue weighted by Crippen LogP contribution is 2.29. The van der Waals surface area contributed by atoms with Gasteiger partial charge in [-0.3, -0.25) is 4.98 Å². The summed E-state index contributed by atoms with van der Waals surface area (Å²) in [7, 11) is -3.53. The van der Waals surface area contributed by atoms with E-state index in [-0.39, 0.29) is 10.8 Å². The molecule has 0 amide bonds. The van der Waals surface area contributed by atoms with Crippen molar-refractivity contribution in [2.24, 2.45) is 0 Å². The molecule has 3 heterocycles. The molecule has 0 bridgehead atoms. The predicted octanol–water partition coefficient (Wildman–Crippen LogP) is 2.14. The van der Waals surface area contributed by atoms with Crippen molar-refractivity contribution in [1.82, 2.24) is 19.3 Å². The van der Waals surface area contributed by atoms with E-state index in [0.29, 0.717) is 5.69 Å². The molecule has 0 saturated heterocycles. The quantitative estimate of drug-likeness (QED) is 0.770. The molecular formula is C12H10N4O2S3. The molecule has 108 valence electrons. The Morgan fingerprint density at radius 1 is 1.24 bits per heavy atom. The first-order valence-electron chi connectivity index (χ1n) is 5.91. The molecule has 0 unspecified atom stereocenters. The van der Waals surface area contributed by atoms with Crippen LogP contribution in [0.1, 0.15) is 5.56 Å². The van der Waals surface area contributed by atoms with Gasteiger partial charge in [-0.2, -0.15) is 0 Å². The maximum absolute atomic E-state index is 12.2. The number of sulfonamides is 1. The van der Waals surface area contributed by atoms with Gasteiger partial charge in [0.1, 0.15) is 9.90 Å². The van der Waals surface area contributed by atoms with Crippen LogP contribution in [-0.2, 0) is 16.6 Å². The summed E-state index contributed by atoms with van der Waals surface area (Å²) in [5.41, 5.74) is 1.50. The Morgan fingerprint density at radius 3 is 2.86 bits per heavy atom. The Balaban J connectivity index is 1.76. The van der Waals surface area contributed by atoms with E-state index < -0.39 is 10.0 Å². The third kappa shape index (κ3) is 3.32. The Hall–Kier alpha value is -1.68. The number of hydrogen-bond acceptors (Lipinski definition) is 7. The number of pyridine rings is 1. The summed E-state index contributed by atoms with van der Waals surface area (Å²) in [6.07, 6.45) is 3.27. The maximum atomic E-state index is 12.2. The maximum Gasteiger partial charge on any atom is 0.250 e. The average molecular weight is 338 g/mol. The first kappa shape index (κ1) is 14.3. The van der Waals surface area contributed by atoms with E-state index in [2.05, 4.69) is 19.3 Å². The standard InChI is InChI=1S/C12H10N4O2S3/c17-21(18,14-7-9-2-1-5-13-6-9)12-4-3-11(20-12)10-8-19-16-15-10/h1-6,8,14H,7H2. The fourth-order valence-electron chi connectivity index (χ4n) is 1.63. The van der Waals surface area contributed by atoms with Gasteiger partial charge in [0, 0.05) is 24.3 Å². The third-order valence-electron chi connectivity index (χ3n) is 2.65. The molecule has 0 atom stereocenters. The minimum absolute atomic E-state index is 0.210. The van der Waals surface area contributed by atoms with Gasteiger partial charge in [0.05, 0.1) is 4.88 Å². The third-order valence-corrected chi connectivity index (χ3v) is 6.15. The van der Waals surface area contributed by atoms with Crippen LogP contribution < -0.4 is 4.72 Å². The minimum Gasteiger partial charge on any atom is -0.264 e. The summed E-state index contributed by atoms with van der Waals surface area (Å²) in [6, 6.07) is 6.89. The van der Waals surface area contributed by atoms with Crippen LogP contribution >= 0.6 is 22.9 Å². The average Bonchev–Trinajstić information content (AvgIpc) is 3.17. The van der Waals surface area contributed by atoms with E-state index in [1.165, 1.54) is 22.9 Å². The van der Waals surface area contributed by atoms with Gasteiger partial charge in [-0.15, -0.1) is 16.4 Å². The second-order valence-corrected chi connectivity index (χ2v) is 7.78. The fourth-order valence-corrected chi connectivity index (χ4v) is 4.48. The number of thiophene rings is 1. The summed E-state index contributed by atoms with van der Waals surface area (Å²) in [5, 5.41) is 5.71. The van der Waals surface area contributed by atoms with Crippen LogP contribution in [0.3, 0.4) is 0 Å². The highest BCUT2D eigenvalue weighted by Gasteiger charge is 2.17. The predicted molar refractivity (Wildman–Crippen MR) is 81.5 cm³/mol. The number of nitrogens with zero attached hydrogens (tertiary/aromatic N) is 3. The number of nitrogens with one attached hydrogen (secondary N) is 1. The number of rotatable bonds is 5. The summed E-state index contributed by atoms with van der Waals surface area (Å²) in [4.78, 5) is 4.73. The van der Waals surface area contributed by atoms with Gasteiger partial charge in [-0.25, -0.2) is 13.1 Å². The highest BCUT2D eigenvalue weighted by molar-refractivity contribution is 7.91. The van der Waals surface area contributed by atoms with Gasteiger partial charge in [0.25, 0.3) is 0 Å². The zero-order valence-electron chi connectivity index (χ0n) is 10.6. The summed E-state index contributed by atoms with van der Waals surface area (Å²) < 4.78 is 31.1. The Labute approximate surface area is 129 Å². The van der Waals surface area contributed by atoms with Crippen LogP contribution in [0.2, 0.25) is 0 Å². The zero-order valence-corrected chi connectivity index (χ0v) is 13.1. The van der Waals surface area contributed by atoms with Gasteiger partial charge >= 0.3 is 0 Å². The van der Waals surface area contributed by atoms with Crippen molar-refractivity contribution in [3.8, 4) is 10.6 Å². The lowest BCUT2D eigenvalue weighted by atomic mass is 10.3. The molecular weight excluding hydrogens is 328 g/mol. The van der Waals surface area contributed by atoms with Gasteiger partial charge in [-0.1, -0.05) is 10.6 Å². The van der Waals surface area contributed by atoms with Gasteiger partial charge in [0.2, 0.25) is 10.0 Å². The Kier molecular flexibility index (Phi) is 4.06. The van der Waals surface area contributed by atoms with Crippen molar-refractivity contribution < 1.29 is 8.42 Å². The lowest BCUT2D eigenvalue weighted by Gasteiger charge is -2.04. The molecule has 0 radical (unpaired) electrons. The largest absolute Gasteiger partial charge is 0.264 e. The van der Waals surface area contributed by atoms with E-state index in [0.717, 1.165) is 10.4 Å². The molecule has 3 aromatic rings. The van der Waals surface area contributed by atoms with Gasteiger partial charge in [0.15, 0.2) is 0 Å². The first-order chi connectivity index (χ1) is 10.1. The molecule has 1 N–H and O–H groups in total. The van der Waals surface area contributed by atoms with E-state index >= 15 is 0 Å². The molecule has 21 heavy (non-hydrogen) atoms. The monoisotopic (exact) mass is 338 g/mol. The summed E-state index contributed by atoms with van der Waals surface area (Å²) in [6.45, 7) is 0.210. The van der Waals surface area contributed by atoms with Crippen molar-refractivity contribution in [2.75, 3.05) is 0 Å². The minimum atomic E-state index is -3.53. The second-order valence-electron chi connectivity index (χ2n) is 4.09. The molecule has 0 aromatic carbocycles. The van der Waals surface area contributed by atoms with Crippen LogP contribution in [-0.4, -0.2) is 23.0 Å². The first-order valence-corrected chi connectivity index (χ1v) is 9.04. The molecule has 0 spiro atoms. The Bertz CT molecular complexity index is 813. The van der Waals surface area contributed by atoms with Crippen LogP contribution in [0.4, 0.5) is 0 Å². The molecule has 9 heteroatoms. The molecule has 0 fully saturated rings. The smallest absolute Gasteiger partial charge is 0.250 e. The van der Waals surface area contributed by atoms with Crippen molar-refractivity contribution in [1.29, 1.82) is 0 Å². The van der Waals surface area contributed by atoms with Crippen molar-refractivity contribution in [3.05, 3.63) is 47.6 Å². The van der Waals surface area contributed by atoms with Crippen LogP contribution in [0.25, 0.3) is 10.6 Å². The topological polar surface area (TPSA) is 84.8 Å². The normalized spacial score (nSPS) is 11.6. The van der Waals surface area contributed by atoms with Crippen LogP contribution in [0, 0.1) is 0 Å². The molecule has 0 aliphatic carbocycles. The fraction of sp³-hybridized carbons (Fsp3) is 0.0833. The van der Waals surface area contributed by atoms with Crippen molar-refractivity contribution in [2.45, 2.75) is 10.8 Å². The highest BCUT2D eigenvalue weighted by atomic mass is 32.2. The lowest BCUT2D eigenvalue weighted by molar-refractivity contribution is 0.583. The van der Waals surface area contributed by atoms with E-state index in [4.69, 9.17) is 0 Å². The molecule has 3 aromatic heterocycles. The molecule has 0 aliphatic rings. The molecule has 0 aliphatic heterocycles. The van der Waals surface area contributed by atoms with Crippen LogP contribution in [0.15, 0.2) is 46.2 Å². The zero-order chi connectivity index (χ0) is 14.7. The SMILES string of the molecule is O=S(=O)(NCc1cccnc1)c1ccc(-c2csnn2)s1. The van der Waals surface area contributed by atoms with Gasteiger partial charge < -0.3 is 0 Å². The van der Waals surface area contributed by atoms with Crippen LogP contribution in [0.5, 0.6) is 0 Å².